The van der Waals surface area contributed by atoms with Crippen molar-refractivity contribution >= 4 is 39.1 Å². The lowest BCUT2D eigenvalue weighted by molar-refractivity contribution is 0.102. The first-order chi connectivity index (χ1) is 8.58. The highest BCUT2D eigenvalue weighted by Gasteiger charge is 2.13. The summed E-state index contributed by atoms with van der Waals surface area (Å²) in [5.41, 5.74) is 0.421. The molecule has 0 aromatic heterocycles. The third-order valence-corrected chi connectivity index (χ3v) is 3.12. The van der Waals surface area contributed by atoms with E-state index in [0.29, 0.717) is 15.2 Å². The Bertz CT molecular complexity index is 603. The van der Waals surface area contributed by atoms with Crippen molar-refractivity contribution in [2.24, 2.45) is 0 Å². The van der Waals surface area contributed by atoms with Gasteiger partial charge in [0.15, 0.2) is 0 Å². The van der Waals surface area contributed by atoms with Crippen LogP contribution < -0.4 is 5.32 Å². The topological polar surface area (TPSA) is 29.1 Å². The van der Waals surface area contributed by atoms with Crippen molar-refractivity contribution in [2.75, 3.05) is 5.32 Å². The summed E-state index contributed by atoms with van der Waals surface area (Å²) in [7, 11) is 0. The molecule has 1 amide bonds. The Morgan fingerprint density at radius 3 is 2.61 bits per heavy atom. The summed E-state index contributed by atoms with van der Waals surface area (Å²) in [5.74, 6) is -1.12. The molecule has 5 heteroatoms. The number of hydrogen-bond acceptors (Lipinski definition) is 1. The van der Waals surface area contributed by atoms with E-state index in [4.69, 9.17) is 11.6 Å². The van der Waals surface area contributed by atoms with Crippen molar-refractivity contribution in [3.05, 3.63) is 63.3 Å². The quantitative estimate of drug-likeness (QED) is 0.864. The highest BCUT2D eigenvalue weighted by Crippen LogP contribution is 2.22. The Morgan fingerprint density at radius 1 is 1.22 bits per heavy atom. The summed E-state index contributed by atoms with van der Waals surface area (Å²) in [6.45, 7) is 0. The molecule has 0 fully saturated rings. The maximum Gasteiger partial charge on any atom is 0.258 e. The number of anilines is 1. The fraction of sp³-hybridized carbons (Fsp3) is 0. The van der Waals surface area contributed by atoms with Crippen LogP contribution in [0.25, 0.3) is 0 Å². The molecule has 0 bridgehead atoms. The fourth-order valence-electron chi connectivity index (χ4n) is 1.43. The molecular weight excluding hydrogens is 321 g/mol. The lowest BCUT2D eigenvalue weighted by atomic mass is 10.2. The Kier molecular flexibility index (Phi) is 3.99. The van der Waals surface area contributed by atoms with Crippen LogP contribution in [0.15, 0.2) is 46.9 Å². The molecule has 2 rings (SSSR count). The van der Waals surface area contributed by atoms with Crippen LogP contribution in [0.4, 0.5) is 10.1 Å². The van der Waals surface area contributed by atoms with Gasteiger partial charge in [-0.25, -0.2) is 4.39 Å². The Morgan fingerprint density at radius 2 is 1.94 bits per heavy atom. The summed E-state index contributed by atoms with van der Waals surface area (Å²) in [6.07, 6.45) is 0. The minimum absolute atomic E-state index is 0.0295. The van der Waals surface area contributed by atoms with E-state index in [0.717, 1.165) is 0 Å². The molecule has 0 heterocycles. The molecule has 0 aliphatic rings. The second kappa shape index (κ2) is 5.50. The Hall–Kier alpha value is -1.39. The first-order valence-corrected chi connectivity index (χ1v) is 6.26. The van der Waals surface area contributed by atoms with Crippen LogP contribution >= 0.6 is 27.5 Å². The minimum Gasteiger partial charge on any atom is -0.321 e. The van der Waals surface area contributed by atoms with Gasteiger partial charge in [0.2, 0.25) is 0 Å². The number of halogens is 3. The summed E-state index contributed by atoms with van der Waals surface area (Å²) >= 11 is 9.04. The van der Waals surface area contributed by atoms with Gasteiger partial charge in [0.05, 0.1) is 16.3 Å². The zero-order chi connectivity index (χ0) is 13.1. The third-order valence-electron chi connectivity index (χ3n) is 2.30. The molecule has 2 aromatic carbocycles. The van der Waals surface area contributed by atoms with Crippen molar-refractivity contribution in [2.45, 2.75) is 0 Å². The molecule has 2 aromatic rings. The molecule has 0 aliphatic carbocycles. The first-order valence-electron chi connectivity index (χ1n) is 5.09. The number of benzene rings is 2. The lowest BCUT2D eigenvalue weighted by Crippen LogP contribution is -2.13. The fourth-order valence-corrected chi connectivity index (χ4v) is 1.94. The average Bonchev–Trinajstić information content (AvgIpc) is 2.32. The van der Waals surface area contributed by atoms with Crippen LogP contribution in [0.3, 0.4) is 0 Å². The molecule has 0 radical (unpaired) electrons. The molecule has 0 saturated carbocycles. The Balaban J connectivity index is 2.25. The highest BCUT2D eigenvalue weighted by molar-refractivity contribution is 9.10. The molecule has 0 spiro atoms. The molecule has 92 valence electrons. The van der Waals surface area contributed by atoms with E-state index in [-0.39, 0.29) is 5.56 Å². The molecule has 1 N–H and O–H groups in total. The van der Waals surface area contributed by atoms with Gasteiger partial charge in [-0.05, 0) is 30.3 Å². The summed E-state index contributed by atoms with van der Waals surface area (Å²) < 4.78 is 14.2. The Labute approximate surface area is 117 Å². The number of hydrogen-bond donors (Lipinski definition) is 1. The number of amides is 1. The van der Waals surface area contributed by atoms with Gasteiger partial charge in [-0.15, -0.1) is 0 Å². The second-order valence-electron chi connectivity index (χ2n) is 3.56. The van der Waals surface area contributed by atoms with Gasteiger partial charge in [0, 0.05) is 4.47 Å². The summed E-state index contributed by atoms with van der Waals surface area (Å²) in [6, 6.07) is 11.0. The second-order valence-corrected chi connectivity index (χ2v) is 4.88. The van der Waals surface area contributed by atoms with Crippen molar-refractivity contribution < 1.29 is 9.18 Å². The third kappa shape index (κ3) is 2.89. The smallest absolute Gasteiger partial charge is 0.258 e. The number of nitrogens with one attached hydrogen (secondary N) is 1. The zero-order valence-corrected chi connectivity index (χ0v) is 11.4. The van der Waals surface area contributed by atoms with Crippen LogP contribution in [0.1, 0.15) is 10.4 Å². The van der Waals surface area contributed by atoms with Gasteiger partial charge in [-0.1, -0.05) is 39.7 Å². The van der Waals surface area contributed by atoms with Crippen LogP contribution in [0.5, 0.6) is 0 Å². The number of rotatable bonds is 2. The van der Waals surface area contributed by atoms with E-state index in [2.05, 4.69) is 21.2 Å². The van der Waals surface area contributed by atoms with Gasteiger partial charge in [0.25, 0.3) is 5.91 Å². The predicted octanol–water partition coefficient (Wildman–Crippen LogP) is 4.49. The molecule has 0 unspecified atom stereocenters. The molecule has 0 saturated heterocycles. The highest BCUT2D eigenvalue weighted by atomic mass is 79.9. The molecule has 0 aliphatic heterocycles. The van der Waals surface area contributed by atoms with Gasteiger partial charge >= 0.3 is 0 Å². The first kappa shape index (κ1) is 13.1. The predicted molar refractivity (Wildman–Crippen MR) is 73.5 cm³/mol. The van der Waals surface area contributed by atoms with E-state index in [1.54, 1.807) is 30.3 Å². The van der Waals surface area contributed by atoms with Crippen LogP contribution in [-0.2, 0) is 0 Å². The standard InChI is InChI=1S/C13H8BrClFNO/c14-8-5-6-9(11(16)7-8)13(18)17-12-4-2-1-3-10(12)15/h1-7H,(H,17,18). The van der Waals surface area contributed by atoms with E-state index >= 15 is 0 Å². The van der Waals surface area contributed by atoms with Crippen LogP contribution in [-0.4, -0.2) is 5.91 Å². The van der Waals surface area contributed by atoms with E-state index in [1.807, 2.05) is 0 Å². The minimum atomic E-state index is -0.589. The molecule has 0 atom stereocenters. The van der Waals surface area contributed by atoms with Gasteiger partial charge in [0.1, 0.15) is 5.82 Å². The van der Waals surface area contributed by atoms with Gasteiger partial charge in [-0.2, -0.15) is 0 Å². The largest absolute Gasteiger partial charge is 0.321 e. The van der Waals surface area contributed by atoms with E-state index in [1.165, 1.54) is 12.1 Å². The maximum atomic E-state index is 13.6. The summed E-state index contributed by atoms with van der Waals surface area (Å²) in [4.78, 5) is 11.9. The monoisotopic (exact) mass is 327 g/mol. The van der Waals surface area contributed by atoms with Crippen LogP contribution in [0, 0.1) is 5.82 Å². The van der Waals surface area contributed by atoms with E-state index in [9.17, 15) is 9.18 Å². The normalized spacial score (nSPS) is 10.2. The molecule has 18 heavy (non-hydrogen) atoms. The maximum absolute atomic E-state index is 13.6. The average molecular weight is 329 g/mol. The number of carbonyl (C=O) groups is 1. The molecule has 2 nitrogen and oxygen atoms in total. The van der Waals surface area contributed by atoms with E-state index < -0.39 is 11.7 Å². The SMILES string of the molecule is O=C(Nc1ccccc1Cl)c1ccc(Br)cc1F. The van der Waals surface area contributed by atoms with Gasteiger partial charge in [-0.3, -0.25) is 4.79 Å². The lowest BCUT2D eigenvalue weighted by Gasteiger charge is -2.07. The van der Waals surface area contributed by atoms with Crippen molar-refractivity contribution in [1.29, 1.82) is 0 Å². The van der Waals surface area contributed by atoms with Gasteiger partial charge < -0.3 is 5.32 Å². The van der Waals surface area contributed by atoms with Crippen molar-refractivity contribution in [1.82, 2.24) is 0 Å². The number of para-hydroxylation sites is 1. The summed E-state index contributed by atoms with van der Waals surface area (Å²) in [5, 5.41) is 2.97. The van der Waals surface area contributed by atoms with Crippen LogP contribution in [0.2, 0.25) is 5.02 Å². The van der Waals surface area contributed by atoms with Crippen molar-refractivity contribution in [3.63, 3.8) is 0 Å². The number of carbonyl (C=O) groups excluding carboxylic acids is 1. The molecular formula is C13H8BrClFNO. The van der Waals surface area contributed by atoms with Crippen molar-refractivity contribution in [3.8, 4) is 0 Å². The zero-order valence-electron chi connectivity index (χ0n) is 9.08.